The molecule has 0 aliphatic rings. The van der Waals surface area contributed by atoms with Crippen LogP contribution in [0.3, 0.4) is 0 Å². The standard InChI is InChI=1S/C14H20BrNO2/c1-3-12-4-6-13(7-5-12)18-11(2)10-16-14(17)8-9-15/h4-7,11H,3,8-10H2,1-2H3,(H,16,17). The number of carbonyl (C=O) groups is 1. The molecular formula is C14H20BrNO2. The van der Waals surface area contributed by atoms with Crippen molar-refractivity contribution < 1.29 is 9.53 Å². The number of ether oxygens (including phenoxy) is 1. The molecule has 1 aromatic rings. The maximum Gasteiger partial charge on any atom is 0.220 e. The van der Waals surface area contributed by atoms with Gasteiger partial charge in [0.2, 0.25) is 5.91 Å². The lowest BCUT2D eigenvalue weighted by atomic mass is 10.2. The van der Waals surface area contributed by atoms with Crippen LogP contribution in [0.5, 0.6) is 5.75 Å². The van der Waals surface area contributed by atoms with Crippen LogP contribution in [0.1, 0.15) is 25.8 Å². The van der Waals surface area contributed by atoms with Gasteiger partial charge in [-0.2, -0.15) is 0 Å². The molecule has 0 spiro atoms. The third kappa shape index (κ3) is 5.54. The van der Waals surface area contributed by atoms with E-state index in [1.54, 1.807) is 0 Å². The molecule has 100 valence electrons. The Labute approximate surface area is 117 Å². The van der Waals surface area contributed by atoms with Gasteiger partial charge in [0.1, 0.15) is 11.9 Å². The highest BCUT2D eigenvalue weighted by Crippen LogP contribution is 2.13. The number of rotatable bonds is 7. The molecular weight excluding hydrogens is 294 g/mol. The number of carbonyl (C=O) groups excluding carboxylic acids is 1. The SMILES string of the molecule is CCc1ccc(OC(C)CNC(=O)CCBr)cc1. The summed E-state index contributed by atoms with van der Waals surface area (Å²) >= 11 is 3.23. The quantitative estimate of drug-likeness (QED) is 0.786. The highest BCUT2D eigenvalue weighted by atomic mass is 79.9. The Balaban J connectivity index is 2.34. The number of aryl methyl sites for hydroxylation is 1. The first-order chi connectivity index (χ1) is 8.65. The summed E-state index contributed by atoms with van der Waals surface area (Å²) in [4.78, 5) is 11.3. The highest BCUT2D eigenvalue weighted by molar-refractivity contribution is 9.09. The zero-order chi connectivity index (χ0) is 13.4. The Morgan fingerprint density at radius 2 is 2.06 bits per heavy atom. The molecule has 0 radical (unpaired) electrons. The molecule has 1 N–H and O–H groups in total. The van der Waals surface area contributed by atoms with E-state index in [1.807, 2.05) is 19.1 Å². The van der Waals surface area contributed by atoms with Crippen molar-refractivity contribution in [3.05, 3.63) is 29.8 Å². The summed E-state index contributed by atoms with van der Waals surface area (Å²) in [5, 5.41) is 3.52. The first-order valence-corrected chi connectivity index (χ1v) is 7.36. The largest absolute Gasteiger partial charge is 0.489 e. The van der Waals surface area contributed by atoms with Gasteiger partial charge in [-0.05, 0) is 31.0 Å². The van der Waals surface area contributed by atoms with E-state index in [1.165, 1.54) is 5.56 Å². The maximum absolute atomic E-state index is 11.3. The van der Waals surface area contributed by atoms with Crippen LogP contribution in [0, 0.1) is 0 Å². The number of amides is 1. The topological polar surface area (TPSA) is 38.3 Å². The van der Waals surface area contributed by atoms with E-state index in [0.29, 0.717) is 18.3 Å². The van der Waals surface area contributed by atoms with Crippen molar-refractivity contribution in [2.75, 3.05) is 11.9 Å². The van der Waals surface area contributed by atoms with Crippen LogP contribution in [0.15, 0.2) is 24.3 Å². The molecule has 0 bridgehead atoms. The summed E-state index contributed by atoms with van der Waals surface area (Å²) in [7, 11) is 0. The minimum atomic E-state index is -0.0308. The van der Waals surface area contributed by atoms with Crippen LogP contribution in [-0.2, 0) is 11.2 Å². The molecule has 0 fully saturated rings. The molecule has 0 aliphatic heterocycles. The van der Waals surface area contributed by atoms with Gasteiger partial charge >= 0.3 is 0 Å². The predicted octanol–water partition coefficient (Wildman–Crippen LogP) is 2.92. The van der Waals surface area contributed by atoms with E-state index >= 15 is 0 Å². The number of nitrogens with one attached hydrogen (secondary N) is 1. The number of alkyl halides is 1. The molecule has 0 heterocycles. The first kappa shape index (κ1) is 15.0. The van der Waals surface area contributed by atoms with Crippen LogP contribution in [0.2, 0.25) is 0 Å². The Morgan fingerprint density at radius 1 is 1.39 bits per heavy atom. The summed E-state index contributed by atoms with van der Waals surface area (Å²) in [6.45, 7) is 4.60. The molecule has 1 rings (SSSR count). The van der Waals surface area contributed by atoms with Gasteiger partial charge in [-0.1, -0.05) is 35.0 Å². The Hall–Kier alpha value is -1.03. The van der Waals surface area contributed by atoms with Crippen molar-refractivity contribution in [3.8, 4) is 5.75 Å². The summed E-state index contributed by atoms with van der Waals surface area (Å²) in [5.74, 6) is 0.887. The van der Waals surface area contributed by atoms with Crippen LogP contribution in [0.25, 0.3) is 0 Å². The lowest BCUT2D eigenvalue weighted by Crippen LogP contribution is -2.33. The van der Waals surface area contributed by atoms with Crippen molar-refractivity contribution in [3.63, 3.8) is 0 Å². The molecule has 0 saturated carbocycles. The molecule has 1 unspecified atom stereocenters. The van der Waals surface area contributed by atoms with Crippen molar-refractivity contribution >= 4 is 21.8 Å². The normalized spacial score (nSPS) is 11.9. The molecule has 1 atom stereocenters. The molecule has 4 heteroatoms. The van der Waals surface area contributed by atoms with Gasteiger partial charge < -0.3 is 10.1 Å². The van der Waals surface area contributed by atoms with E-state index in [4.69, 9.17) is 4.74 Å². The number of benzene rings is 1. The highest BCUT2D eigenvalue weighted by Gasteiger charge is 2.06. The van der Waals surface area contributed by atoms with Crippen LogP contribution < -0.4 is 10.1 Å². The summed E-state index contributed by atoms with van der Waals surface area (Å²) in [5.41, 5.74) is 1.29. The Bertz CT molecular complexity index is 365. The number of hydrogen-bond acceptors (Lipinski definition) is 2. The number of hydrogen-bond donors (Lipinski definition) is 1. The second-order valence-electron chi connectivity index (χ2n) is 4.17. The Kier molecular flexibility index (Phi) is 6.80. The monoisotopic (exact) mass is 313 g/mol. The fraction of sp³-hybridized carbons (Fsp3) is 0.500. The molecule has 0 aliphatic carbocycles. The van der Waals surface area contributed by atoms with E-state index in [9.17, 15) is 4.79 Å². The van der Waals surface area contributed by atoms with Gasteiger partial charge in [0.15, 0.2) is 0 Å². The molecule has 1 amide bonds. The van der Waals surface area contributed by atoms with Crippen molar-refractivity contribution in [1.29, 1.82) is 0 Å². The summed E-state index contributed by atoms with van der Waals surface area (Å²) < 4.78 is 5.72. The van der Waals surface area contributed by atoms with Crippen molar-refractivity contribution in [2.45, 2.75) is 32.8 Å². The third-order valence-corrected chi connectivity index (χ3v) is 2.97. The van der Waals surface area contributed by atoms with Gasteiger partial charge in [0.05, 0.1) is 6.54 Å². The molecule has 3 nitrogen and oxygen atoms in total. The lowest BCUT2D eigenvalue weighted by Gasteiger charge is -2.15. The molecule has 18 heavy (non-hydrogen) atoms. The maximum atomic E-state index is 11.3. The van der Waals surface area contributed by atoms with Gasteiger partial charge in [0.25, 0.3) is 0 Å². The van der Waals surface area contributed by atoms with Crippen LogP contribution >= 0.6 is 15.9 Å². The van der Waals surface area contributed by atoms with Crippen molar-refractivity contribution in [2.24, 2.45) is 0 Å². The molecule has 1 aromatic carbocycles. The summed E-state index contributed by atoms with van der Waals surface area (Å²) in [6.07, 6.45) is 1.49. The minimum Gasteiger partial charge on any atom is -0.489 e. The Morgan fingerprint density at radius 3 is 2.61 bits per heavy atom. The van der Waals surface area contributed by atoms with E-state index in [0.717, 1.165) is 12.2 Å². The molecule has 0 saturated heterocycles. The zero-order valence-corrected chi connectivity index (χ0v) is 12.5. The van der Waals surface area contributed by atoms with E-state index in [2.05, 4.69) is 40.3 Å². The van der Waals surface area contributed by atoms with Crippen LogP contribution in [-0.4, -0.2) is 23.9 Å². The van der Waals surface area contributed by atoms with E-state index in [-0.39, 0.29) is 12.0 Å². The first-order valence-electron chi connectivity index (χ1n) is 6.24. The van der Waals surface area contributed by atoms with Gasteiger partial charge in [-0.3, -0.25) is 4.79 Å². The van der Waals surface area contributed by atoms with Gasteiger partial charge in [-0.25, -0.2) is 0 Å². The average molecular weight is 314 g/mol. The zero-order valence-electron chi connectivity index (χ0n) is 10.9. The smallest absolute Gasteiger partial charge is 0.220 e. The second kappa shape index (κ2) is 8.14. The van der Waals surface area contributed by atoms with Crippen molar-refractivity contribution in [1.82, 2.24) is 5.32 Å². The minimum absolute atomic E-state index is 0.0308. The number of halogens is 1. The second-order valence-corrected chi connectivity index (χ2v) is 4.96. The summed E-state index contributed by atoms with van der Waals surface area (Å²) in [6, 6.07) is 8.06. The molecule has 0 aromatic heterocycles. The average Bonchev–Trinajstić information content (AvgIpc) is 2.38. The van der Waals surface area contributed by atoms with Crippen LogP contribution in [0.4, 0.5) is 0 Å². The predicted molar refractivity (Wildman–Crippen MR) is 77.3 cm³/mol. The van der Waals surface area contributed by atoms with E-state index < -0.39 is 0 Å². The van der Waals surface area contributed by atoms with Gasteiger partial charge in [-0.15, -0.1) is 0 Å². The lowest BCUT2D eigenvalue weighted by molar-refractivity contribution is -0.121. The fourth-order valence-electron chi connectivity index (χ4n) is 1.51. The third-order valence-electron chi connectivity index (χ3n) is 2.58. The fourth-order valence-corrected chi connectivity index (χ4v) is 1.87. The van der Waals surface area contributed by atoms with Gasteiger partial charge in [0, 0.05) is 11.8 Å².